The first-order valence-electron chi connectivity index (χ1n) is 7.76. The van der Waals surface area contributed by atoms with Crippen LogP contribution < -0.4 is 16.1 Å². The van der Waals surface area contributed by atoms with Gasteiger partial charge in [0.05, 0.1) is 10.2 Å². The van der Waals surface area contributed by atoms with Gasteiger partial charge in [0.2, 0.25) is 0 Å². The molecule has 6 nitrogen and oxygen atoms in total. The van der Waals surface area contributed by atoms with E-state index in [1.807, 2.05) is 20.8 Å². The second-order valence-corrected chi connectivity index (χ2v) is 7.49. The number of hydrogen-bond acceptors (Lipinski definition) is 5. The van der Waals surface area contributed by atoms with Crippen molar-refractivity contribution >= 4 is 45.3 Å². The van der Waals surface area contributed by atoms with Crippen LogP contribution in [0.3, 0.4) is 0 Å². The van der Waals surface area contributed by atoms with Crippen LogP contribution in [0, 0.1) is 11.2 Å². The molecule has 3 rings (SSSR count). The molecule has 1 aromatic heterocycles. The van der Waals surface area contributed by atoms with Crippen LogP contribution in [0.1, 0.15) is 20.8 Å². The third-order valence-electron chi connectivity index (χ3n) is 3.57. The van der Waals surface area contributed by atoms with Gasteiger partial charge >= 0.3 is 13.1 Å². The molecule has 0 saturated carbocycles. The van der Waals surface area contributed by atoms with E-state index in [9.17, 15) is 9.18 Å². The lowest BCUT2D eigenvalue weighted by atomic mass is 9.75. The van der Waals surface area contributed by atoms with Gasteiger partial charge in [-0.3, -0.25) is 5.32 Å². The molecule has 24 heavy (non-hydrogen) atoms. The van der Waals surface area contributed by atoms with E-state index < -0.39 is 12.9 Å². The molecule has 1 aliphatic heterocycles. The second kappa shape index (κ2) is 6.66. The number of nitrogens with zero attached hydrogens (tertiary/aromatic N) is 1. The molecular weight excluding hydrogens is 332 g/mol. The van der Waals surface area contributed by atoms with Crippen molar-refractivity contribution in [3.63, 3.8) is 0 Å². The fourth-order valence-corrected chi connectivity index (χ4v) is 3.24. The number of rotatable bonds is 3. The van der Waals surface area contributed by atoms with Gasteiger partial charge in [0.1, 0.15) is 5.82 Å². The minimum atomic E-state index is -0.732. The molecule has 0 spiro atoms. The third kappa shape index (κ3) is 3.68. The fourth-order valence-electron chi connectivity index (χ4n) is 2.37. The Morgan fingerprint density at radius 1 is 1.42 bits per heavy atom. The maximum Gasteiger partial charge on any atom is 0.496 e. The molecule has 0 radical (unpaired) electrons. The highest BCUT2D eigenvalue weighted by Crippen LogP contribution is 2.27. The number of carbonyl (C=O) groups excluding carboxylic acids is 1. The summed E-state index contributed by atoms with van der Waals surface area (Å²) >= 11 is 1.22. The van der Waals surface area contributed by atoms with Gasteiger partial charge in [-0.2, -0.15) is 0 Å². The van der Waals surface area contributed by atoms with Crippen molar-refractivity contribution < 1.29 is 18.5 Å². The van der Waals surface area contributed by atoms with E-state index in [0.717, 1.165) is 0 Å². The molecule has 1 fully saturated rings. The maximum absolute atomic E-state index is 14.4. The van der Waals surface area contributed by atoms with Crippen molar-refractivity contribution in [3.8, 4) is 0 Å². The molecule has 9 heteroatoms. The van der Waals surface area contributed by atoms with Crippen LogP contribution >= 0.6 is 11.3 Å². The predicted molar refractivity (Wildman–Crippen MR) is 93.3 cm³/mol. The summed E-state index contributed by atoms with van der Waals surface area (Å²) in [6.07, 6.45) is 0. The number of amides is 2. The lowest BCUT2D eigenvalue weighted by Crippen LogP contribution is -2.48. The average Bonchev–Trinajstić information content (AvgIpc) is 2.88. The molecule has 0 aliphatic carbocycles. The standard InChI is InChI=1S/C15H19BFN3O3S/c1-4-18-13(21)20-14-19-11-5-9(10(17)6-12(11)24-14)16-22-7-15(2,3)8-23-16/h5-6H,4,7-8H2,1-3H3,(H2,18,19,20,21). The molecule has 2 amide bonds. The smallest absolute Gasteiger partial charge is 0.407 e. The highest BCUT2D eigenvalue weighted by atomic mass is 32.1. The normalized spacial score (nSPS) is 17.1. The summed E-state index contributed by atoms with van der Waals surface area (Å²) in [6.45, 7) is 7.39. The Kier molecular flexibility index (Phi) is 4.75. The van der Waals surface area contributed by atoms with Gasteiger partial charge in [-0.25, -0.2) is 14.2 Å². The monoisotopic (exact) mass is 351 g/mol. The van der Waals surface area contributed by atoms with Crippen molar-refractivity contribution in [1.82, 2.24) is 10.3 Å². The zero-order chi connectivity index (χ0) is 17.3. The topological polar surface area (TPSA) is 72.5 Å². The van der Waals surface area contributed by atoms with Crippen LogP contribution in [-0.2, 0) is 9.31 Å². The van der Waals surface area contributed by atoms with Gasteiger partial charge < -0.3 is 14.6 Å². The number of carbonyl (C=O) groups is 1. The fraction of sp³-hybridized carbons (Fsp3) is 0.467. The summed E-state index contributed by atoms with van der Waals surface area (Å²) in [5, 5.41) is 5.67. The van der Waals surface area contributed by atoms with Crippen LogP contribution in [0.4, 0.5) is 14.3 Å². The molecule has 0 unspecified atom stereocenters. The van der Waals surface area contributed by atoms with E-state index in [2.05, 4.69) is 15.6 Å². The van der Waals surface area contributed by atoms with Crippen LogP contribution in [0.15, 0.2) is 12.1 Å². The molecule has 2 N–H and O–H groups in total. The number of hydrogen-bond donors (Lipinski definition) is 2. The van der Waals surface area contributed by atoms with E-state index >= 15 is 0 Å². The maximum atomic E-state index is 14.4. The van der Waals surface area contributed by atoms with Crippen molar-refractivity contribution in [2.24, 2.45) is 5.41 Å². The summed E-state index contributed by atoms with van der Waals surface area (Å²) < 4.78 is 26.4. The number of thiazole rings is 1. The van der Waals surface area contributed by atoms with Gasteiger partial charge in [-0.15, -0.1) is 0 Å². The van der Waals surface area contributed by atoms with Crippen molar-refractivity contribution in [3.05, 3.63) is 17.9 Å². The first-order chi connectivity index (χ1) is 11.4. The van der Waals surface area contributed by atoms with E-state index in [4.69, 9.17) is 9.31 Å². The quantitative estimate of drug-likeness (QED) is 0.833. The number of nitrogens with one attached hydrogen (secondary N) is 2. The number of halogens is 1. The Balaban J connectivity index is 1.83. The SMILES string of the molecule is CCNC(=O)Nc1nc2cc(B3OCC(C)(C)CO3)c(F)cc2s1. The van der Waals surface area contributed by atoms with E-state index in [1.54, 1.807) is 6.07 Å². The Hall–Kier alpha value is -1.71. The lowest BCUT2D eigenvalue weighted by molar-refractivity contribution is 0.0340. The van der Waals surface area contributed by atoms with Crippen LogP contribution in [0.2, 0.25) is 0 Å². The Morgan fingerprint density at radius 2 is 2.12 bits per heavy atom. The van der Waals surface area contributed by atoms with Crippen LogP contribution in [-0.4, -0.2) is 37.9 Å². The lowest BCUT2D eigenvalue weighted by Gasteiger charge is -2.33. The Labute approximate surface area is 143 Å². The number of anilines is 1. The Morgan fingerprint density at radius 3 is 2.79 bits per heavy atom. The first kappa shape index (κ1) is 17.1. The molecule has 1 saturated heterocycles. The van der Waals surface area contributed by atoms with Crippen molar-refractivity contribution in [2.75, 3.05) is 25.1 Å². The van der Waals surface area contributed by atoms with Gasteiger partial charge in [0.25, 0.3) is 0 Å². The van der Waals surface area contributed by atoms with Gasteiger partial charge in [0, 0.05) is 30.6 Å². The first-order valence-corrected chi connectivity index (χ1v) is 8.57. The van der Waals surface area contributed by atoms with Gasteiger partial charge in [0.15, 0.2) is 5.13 Å². The number of fused-ring (bicyclic) bond motifs is 1. The minimum Gasteiger partial charge on any atom is -0.407 e. The third-order valence-corrected chi connectivity index (χ3v) is 4.50. The van der Waals surface area contributed by atoms with Crippen molar-refractivity contribution in [1.29, 1.82) is 0 Å². The summed E-state index contributed by atoms with van der Waals surface area (Å²) in [6, 6.07) is 2.68. The number of aromatic nitrogens is 1. The van der Waals surface area contributed by atoms with Gasteiger partial charge in [-0.1, -0.05) is 25.2 Å². The molecule has 1 aliphatic rings. The molecule has 2 aromatic rings. The molecule has 1 aromatic carbocycles. The summed E-state index contributed by atoms with van der Waals surface area (Å²) in [7, 11) is -0.732. The number of urea groups is 1. The predicted octanol–water partition coefficient (Wildman–Crippen LogP) is 2.34. The highest BCUT2D eigenvalue weighted by Gasteiger charge is 2.35. The summed E-state index contributed by atoms with van der Waals surface area (Å²) in [4.78, 5) is 15.9. The van der Waals surface area contributed by atoms with E-state index in [0.29, 0.717) is 40.6 Å². The van der Waals surface area contributed by atoms with Gasteiger partial charge in [-0.05, 0) is 19.1 Å². The number of benzene rings is 1. The Bertz CT molecular complexity index is 758. The summed E-state index contributed by atoms with van der Waals surface area (Å²) in [5.41, 5.74) is 0.842. The minimum absolute atomic E-state index is 0.0819. The second-order valence-electron chi connectivity index (χ2n) is 6.46. The zero-order valence-corrected chi connectivity index (χ0v) is 14.6. The molecule has 0 bridgehead atoms. The van der Waals surface area contributed by atoms with Crippen molar-refractivity contribution in [2.45, 2.75) is 20.8 Å². The average molecular weight is 351 g/mol. The molecule has 0 atom stereocenters. The van der Waals surface area contributed by atoms with Crippen LogP contribution in [0.5, 0.6) is 0 Å². The van der Waals surface area contributed by atoms with E-state index in [-0.39, 0.29) is 11.4 Å². The molecule has 128 valence electrons. The molecule has 2 heterocycles. The van der Waals surface area contributed by atoms with Crippen LogP contribution in [0.25, 0.3) is 10.2 Å². The van der Waals surface area contributed by atoms with E-state index in [1.165, 1.54) is 17.4 Å². The zero-order valence-electron chi connectivity index (χ0n) is 13.8. The molecular formula is C15H19BFN3O3S. The summed E-state index contributed by atoms with van der Waals surface area (Å²) in [5.74, 6) is -0.402. The highest BCUT2D eigenvalue weighted by molar-refractivity contribution is 7.22. The largest absolute Gasteiger partial charge is 0.496 e.